The highest BCUT2D eigenvalue weighted by Gasteiger charge is 2.34. The maximum atomic E-state index is 12.0. The molecule has 0 aromatic carbocycles. The Morgan fingerprint density at radius 3 is 2.54 bits per heavy atom. The third-order valence-corrected chi connectivity index (χ3v) is 3.54. The normalized spacial score (nSPS) is 11.1. The van der Waals surface area contributed by atoms with E-state index in [1.807, 2.05) is 12.1 Å². The molecule has 3 rings (SSSR count). The number of pyridine rings is 1. The molecule has 3 aromatic heterocycles. The predicted octanol–water partition coefficient (Wildman–Crippen LogP) is 3.39. The maximum absolute atomic E-state index is 12.0. The number of fused-ring (bicyclic) bond motifs is 1. The van der Waals surface area contributed by atoms with E-state index in [1.165, 1.54) is 14.1 Å². The number of nitrogens with one attached hydrogen (secondary N) is 1. The Bertz CT molecular complexity index is 856. The molecule has 0 aliphatic heterocycles. The highest BCUT2D eigenvalue weighted by atomic mass is 79.9. The van der Waals surface area contributed by atoms with Gasteiger partial charge in [0.1, 0.15) is 17.2 Å². The second-order valence-corrected chi connectivity index (χ2v) is 5.58. The second-order valence-electron chi connectivity index (χ2n) is 4.66. The fourth-order valence-electron chi connectivity index (χ4n) is 1.90. The first-order valence-corrected chi connectivity index (χ1v) is 7.42. The fraction of sp³-hybridized carbons (Fsp3) is 0.214. The third kappa shape index (κ3) is 3.94. The summed E-state index contributed by atoms with van der Waals surface area (Å²) >= 11 is 3.32. The molecule has 0 aliphatic rings. The number of anilines is 1. The van der Waals surface area contributed by atoms with Crippen molar-refractivity contribution in [3.63, 3.8) is 0 Å². The lowest BCUT2D eigenvalue weighted by Gasteiger charge is -1.98. The molecule has 3 heterocycles. The van der Waals surface area contributed by atoms with Gasteiger partial charge in [-0.1, -0.05) is 15.9 Å². The van der Waals surface area contributed by atoms with Crippen LogP contribution < -0.4 is 5.32 Å². The monoisotopic (exact) mass is 403 g/mol. The highest BCUT2D eigenvalue weighted by Crippen LogP contribution is 2.29. The number of rotatable bonds is 2. The van der Waals surface area contributed by atoms with Crippen LogP contribution in [-0.4, -0.2) is 32.5 Å². The van der Waals surface area contributed by atoms with Crippen molar-refractivity contribution in [2.45, 2.75) is 6.18 Å². The Morgan fingerprint density at radius 2 is 2.04 bits per heavy atom. The first-order chi connectivity index (χ1) is 11.3. The Balaban J connectivity index is 0.000000174. The van der Waals surface area contributed by atoms with Gasteiger partial charge in [0.05, 0.1) is 6.20 Å². The average Bonchev–Trinajstić information content (AvgIpc) is 3.09. The molecule has 0 atom stereocenters. The molecule has 10 heteroatoms. The molecule has 0 unspecified atom stereocenters. The topological polar surface area (TPSA) is 64.2 Å². The van der Waals surface area contributed by atoms with Crippen molar-refractivity contribution in [3.05, 3.63) is 46.5 Å². The lowest BCUT2D eigenvalue weighted by Crippen LogP contribution is -2.06. The maximum Gasteiger partial charge on any atom is 0.435 e. The largest absolute Gasteiger partial charge is 0.435 e. The average molecular weight is 404 g/mol. The van der Waals surface area contributed by atoms with E-state index in [-0.39, 0.29) is 0 Å². The van der Waals surface area contributed by atoms with Crippen LogP contribution in [0, 0.1) is 0 Å². The van der Waals surface area contributed by atoms with Crippen LogP contribution >= 0.6 is 15.9 Å². The van der Waals surface area contributed by atoms with Crippen LogP contribution in [0.15, 0.2) is 35.1 Å². The molecule has 3 aromatic rings. The molecular weight excluding hydrogens is 391 g/mol. The first-order valence-electron chi connectivity index (χ1n) is 6.63. The molecule has 0 aliphatic carbocycles. The van der Waals surface area contributed by atoms with Crippen molar-refractivity contribution in [2.75, 3.05) is 12.4 Å². The van der Waals surface area contributed by atoms with Crippen LogP contribution in [0.2, 0.25) is 0 Å². The molecule has 0 radical (unpaired) electrons. The SMILES string of the molecule is CNc1cc(C(F)(F)F)nn1C.O=Cc1cnc2cc(Br)ccn12. The number of hydrogen-bond acceptors (Lipinski definition) is 4. The van der Waals surface area contributed by atoms with Gasteiger partial charge in [-0.3, -0.25) is 13.9 Å². The van der Waals surface area contributed by atoms with Gasteiger partial charge in [-0.05, 0) is 12.1 Å². The van der Waals surface area contributed by atoms with Crippen LogP contribution in [0.5, 0.6) is 0 Å². The number of imidazole rings is 1. The van der Waals surface area contributed by atoms with Gasteiger partial charge < -0.3 is 5.32 Å². The van der Waals surface area contributed by atoms with Crippen LogP contribution in [0.3, 0.4) is 0 Å². The van der Waals surface area contributed by atoms with E-state index in [0.29, 0.717) is 11.5 Å². The summed E-state index contributed by atoms with van der Waals surface area (Å²) in [4.78, 5) is 14.5. The fourth-order valence-corrected chi connectivity index (χ4v) is 2.23. The van der Waals surface area contributed by atoms with Crippen molar-refractivity contribution in [1.29, 1.82) is 0 Å². The molecular formula is C14H13BrF3N5O. The smallest absolute Gasteiger partial charge is 0.373 e. The Morgan fingerprint density at radius 1 is 1.33 bits per heavy atom. The van der Waals surface area contributed by atoms with E-state index >= 15 is 0 Å². The van der Waals surface area contributed by atoms with Crippen LogP contribution in [0.25, 0.3) is 5.65 Å². The summed E-state index contributed by atoms with van der Waals surface area (Å²) in [6.45, 7) is 0. The number of alkyl halides is 3. The minimum absolute atomic E-state index is 0.335. The number of aromatic nitrogens is 4. The first kappa shape index (κ1) is 18.0. The summed E-state index contributed by atoms with van der Waals surface area (Å²) in [6, 6.07) is 4.68. The Hall–Kier alpha value is -2.36. The number of aryl methyl sites for hydroxylation is 1. The van der Waals surface area contributed by atoms with E-state index in [1.54, 1.807) is 16.8 Å². The summed E-state index contributed by atoms with van der Waals surface area (Å²) in [6.07, 6.45) is -0.230. The summed E-state index contributed by atoms with van der Waals surface area (Å²) in [5.74, 6) is 0.335. The summed E-state index contributed by atoms with van der Waals surface area (Å²) in [5, 5.41) is 5.87. The quantitative estimate of drug-likeness (QED) is 0.666. The molecule has 0 saturated carbocycles. The number of hydrogen-bond donors (Lipinski definition) is 1. The molecule has 0 fully saturated rings. The Labute approximate surface area is 143 Å². The minimum atomic E-state index is -4.37. The molecule has 0 spiro atoms. The van der Waals surface area contributed by atoms with Crippen LogP contribution in [0.1, 0.15) is 16.2 Å². The number of nitrogens with zero attached hydrogens (tertiary/aromatic N) is 4. The van der Waals surface area contributed by atoms with Gasteiger partial charge in [0.15, 0.2) is 12.0 Å². The van der Waals surface area contributed by atoms with Gasteiger partial charge in [-0.25, -0.2) is 4.98 Å². The van der Waals surface area contributed by atoms with Gasteiger partial charge in [0.2, 0.25) is 0 Å². The molecule has 6 nitrogen and oxygen atoms in total. The van der Waals surface area contributed by atoms with Crippen molar-refractivity contribution < 1.29 is 18.0 Å². The summed E-state index contributed by atoms with van der Waals surface area (Å²) in [5.41, 5.74) is 0.457. The number of halogens is 4. The third-order valence-electron chi connectivity index (χ3n) is 3.05. The van der Waals surface area contributed by atoms with E-state index in [2.05, 4.69) is 31.3 Å². The van der Waals surface area contributed by atoms with Gasteiger partial charge >= 0.3 is 6.18 Å². The predicted molar refractivity (Wildman–Crippen MR) is 86.0 cm³/mol. The second kappa shape index (κ2) is 7.04. The van der Waals surface area contributed by atoms with Crippen LogP contribution in [0.4, 0.5) is 19.0 Å². The van der Waals surface area contributed by atoms with Gasteiger partial charge in [0.25, 0.3) is 0 Å². The zero-order valence-corrected chi connectivity index (χ0v) is 14.3. The van der Waals surface area contributed by atoms with E-state index < -0.39 is 11.9 Å². The van der Waals surface area contributed by atoms with Crippen molar-refractivity contribution >= 4 is 33.7 Å². The molecule has 128 valence electrons. The van der Waals surface area contributed by atoms with Gasteiger partial charge in [0, 0.05) is 30.8 Å². The van der Waals surface area contributed by atoms with E-state index in [9.17, 15) is 18.0 Å². The molecule has 0 amide bonds. The van der Waals surface area contributed by atoms with E-state index in [0.717, 1.165) is 27.2 Å². The molecule has 0 bridgehead atoms. The number of aldehydes is 1. The summed E-state index contributed by atoms with van der Waals surface area (Å²) in [7, 11) is 2.98. The van der Waals surface area contributed by atoms with Crippen molar-refractivity contribution in [3.8, 4) is 0 Å². The lowest BCUT2D eigenvalue weighted by atomic mass is 10.4. The van der Waals surface area contributed by atoms with Crippen molar-refractivity contribution in [2.24, 2.45) is 7.05 Å². The van der Waals surface area contributed by atoms with Gasteiger partial charge in [-0.2, -0.15) is 18.3 Å². The highest BCUT2D eigenvalue weighted by molar-refractivity contribution is 9.10. The molecule has 24 heavy (non-hydrogen) atoms. The zero-order chi connectivity index (χ0) is 17.9. The summed E-state index contributed by atoms with van der Waals surface area (Å²) < 4.78 is 39.9. The number of carbonyl (C=O) groups excluding carboxylic acids is 1. The van der Waals surface area contributed by atoms with E-state index in [4.69, 9.17) is 0 Å². The van der Waals surface area contributed by atoms with Gasteiger partial charge in [-0.15, -0.1) is 0 Å². The van der Waals surface area contributed by atoms with Crippen molar-refractivity contribution in [1.82, 2.24) is 19.2 Å². The standard InChI is InChI=1S/C8H5BrN2O.C6H8F3N3/c9-6-1-2-11-7(5-12)4-10-8(11)3-6;1-10-5-3-4(6(7,8)9)11-12(5)2/h1-5H;3,10H,1-2H3. The van der Waals surface area contributed by atoms with Crippen LogP contribution in [-0.2, 0) is 13.2 Å². The molecule has 1 N–H and O–H groups in total. The lowest BCUT2D eigenvalue weighted by molar-refractivity contribution is -0.141. The zero-order valence-electron chi connectivity index (χ0n) is 12.7. The Kier molecular flexibility index (Phi) is 5.27. The number of carbonyl (C=O) groups is 1. The molecule has 0 saturated heterocycles. The minimum Gasteiger partial charge on any atom is -0.373 e.